The van der Waals surface area contributed by atoms with Gasteiger partial charge in [0, 0.05) is 42.7 Å². The highest BCUT2D eigenvalue weighted by molar-refractivity contribution is 6.34. The van der Waals surface area contributed by atoms with Crippen molar-refractivity contribution in [2.75, 3.05) is 31.1 Å². The lowest BCUT2D eigenvalue weighted by Crippen LogP contribution is -2.44. The van der Waals surface area contributed by atoms with Crippen molar-refractivity contribution in [1.29, 1.82) is 0 Å². The zero-order valence-electron chi connectivity index (χ0n) is 15.2. The molecule has 0 radical (unpaired) electrons. The Balaban J connectivity index is 2.01. The summed E-state index contributed by atoms with van der Waals surface area (Å²) in [5.41, 5.74) is 0.840. The number of hydrogen-bond acceptors (Lipinski definition) is 4. The number of benzene rings is 2. The molecule has 0 bridgehead atoms. The summed E-state index contributed by atoms with van der Waals surface area (Å²) in [7, 11) is 0. The Kier molecular flexibility index (Phi) is 5.36. The molecule has 1 N–H and O–H groups in total. The monoisotopic (exact) mass is 422 g/mol. The molecule has 1 aliphatic heterocycles. The Morgan fingerprint density at radius 2 is 1.89 bits per heavy atom. The number of anilines is 1. The molecule has 1 saturated heterocycles. The Morgan fingerprint density at radius 1 is 1.14 bits per heavy atom. The van der Waals surface area contributed by atoms with E-state index in [9.17, 15) is 4.39 Å². The van der Waals surface area contributed by atoms with Crippen LogP contribution in [0.25, 0.3) is 22.0 Å². The molecule has 1 aliphatic rings. The van der Waals surface area contributed by atoms with Gasteiger partial charge in [-0.05, 0) is 24.6 Å². The number of rotatable bonds is 3. The first kappa shape index (κ1) is 19.3. The molecule has 0 aliphatic carbocycles. The largest absolute Gasteiger partial charge is 0.353 e. The maximum Gasteiger partial charge on any atom is 0.159 e. The van der Waals surface area contributed by atoms with Crippen LogP contribution in [0.3, 0.4) is 0 Å². The van der Waals surface area contributed by atoms with Gasteiger partial charge in [0.25, 0.3) is 0 Å². The minimum absolute atomic E-state index is 0.00949. The van der Waals surface area contributed by atoms with Gasteiger partial charge in [-0.15, -0.1) is 11.6 Å². The van der Waals surface area contributed by atoms with E-state index in [4.69, 9.17) is 23.2 Å². The first-order valence-corrected chi connectivity index (χ1v) is 9.88. The van der Waals surface area contributed by atoms with Crippen LogP contribution in [0.5, 0.6) is 0 Å². The molecule has 1 fully saturated rings. The third-order valence-corrected chi connectivity index (χ3v) is 5.45. The van der Waals surface area contributed by atoms with Crippen LogP contribution in [0.4, 0.5) is 14.6 Å². The molecule has 4 nitrogen and oxygen atoms in total. The molecule has 146 valence electrons. The van der Waals surface area contributed by atoms with E-state index in [0.717, 1.165) is 26.2 Å². The zero-order chi connectivity index (χ0) is 19.8. The van der Waals surface area contributed by atoms with Crippen molar-refractivity contribution in [2.45, 2.75) is 12.8 Å². The second kappa shape index (κ2) is 7.78. The molecule has 1 aromatic heterocycles. The number of hydrogen-bond donors (Lipinski definition) is 1. The standard InChI is InChI=1S/C20H18Cl2F2N4/c1-11-3-2-4-14(23)16(11)17-13(22)9-12-19(18(17)24)26-15(10-21)27-20(12)28-7-5-25-6-8-28/h2-4,9,25H,5-8,10H2,1H3. The van der Waals surface area contributed by atoms with Gasteiger partial charge in [0.1, 0.15) is 23.0 Å². The number of halogens is 4. The Morgan fingerprint density at radius 3 is 2.57 bits per heavy atom. The van der Waals surface area contributed by atoms with Crippen molar-refractivity contribution in [1.82, 2.24) is 15.3 Å². The van der Waals surface area contributed by atoms with Crippen LogP contribution >= 0.6 is 23.2 Å². The fourth-order valence-electron chi connectivity index (χ4n) is 3.58. The second-order valence-corrected chi connectivity index (χ2v) is 7.38. The van der Waals surface area contributed by atoms with Crippen LogP contribution in [-0.2, 0) is 5.88 Å². The summed E-state index contributed by atoms with van der Waals surface area (Å²) in [5, 5.41) is 3.89. The summed E-state index contributed by atoms with van der Waals surface area (Å²) < 4.78 is 30.1. The van der Waals surface area contributed by atoms with Gasteiger partial charge in [-0.2, -0.15) is 0 Å². The minimum Gasteiger partial charge on any atom is -0.353 e. The maximum atomic E-state index is 15.6. The summed E-state index contributed by atoms with van der Waals surface area (Å²) in [6.07, 6.45) is 0. The second-order valence-electron chi connectivity index (χ2n) is 6.71. The molecular formula is C20H18Cl2F2N4. The van der Waals surface area contributed by atoms with E-state index in [1.54, 1.807) is 25.1 Å². The molecular weight excluding hydrogens is 405 g/mol. The summed E-state index contributed by atoms with van der Waals surface area (Å²) in [4.78, 5) is 10.9. The molecule has 0 unspecified atom stereocenters. The average Bonchev–Trinajstić information content (AvgIpc) is 2.70. The van der Waals surface area contributed by atoms with E-state index in [1.165, 1.54) is 6.07 Å². The van der Waals surface area contributed by atoms with Crippen molar-refractivity contribution in [3.8, 4) is 11.1 Å². The molecule has 0 saturated carbocycles. The third kappa shape index (κ3) is 3.30. The summed E-state index contributed by atoms with van der Waals surface area (Å²) >= 11 is 12.4. The number of alkyl halides is 1. The highest BCUT2D eigenvalue weighted by Gasteiger charge is 2.24. The first-order chi connectivity index (χ1) is 13.5. The van der Waals surface area contributed by atoms with Gasteiger partial charge in [-0.25, -0.2) is 18.7 Å². The van der Waals surface area contributed by atoms with E-state index in [-0.39, 0.29) is 27.5 Å². The van der Waals surface area contributed by atoms with Gasteiger partial charge in [0.05, 0.1) is 10.9 Å². The summed E-state index contributed by atoms with van der Waals surface area (Å²) in [6.45, 7) is 4.76. The topological polar surface area (TPSA) is 41.0 Å². The Bertz CT molecular complexity index is 1030. The predicted molar refractivity (Wildman–Crippen MR) is 109 cm³/mol. The first-order valence-electron chi connectivity index (χ1n) is 8.97. The lowest BCUT2D eigenvalue weighted by molar-refractivity contribution is 0.585. The van der Waals surface area contributed by atoms with Gasteiger partial charge in [-0.1, -0.05) is 23.7 Å². The number of piperazine rings is 1. The molecule has 4 rings (SSSR count). The zero-order valence-corrected chi connectivity index (χ0v) is 16.7. The van der Waals surface area contributed by atoms with Gasteiger partial charge in [-0.3, -0.25) is 0 Å². The van der Waals surface area contributed by atoms with Gasteiger partial charge in [0.2, 0.25) is 0 Å². The molecule has 0 atom stereocenters. The highest BCUT2D eigenvalue weighted by atomic mass is 35.5. The van der Waals surface area contributed by atoms with Crippen LogP contribution in [0.2, 0.25) is 5.02 Å². The van der Waals surface area contributed by atoms with Crippen molar-refractivity contribution in [2.24, 2.45) is 0 Å². The summed E-state index contributed by atoms with van der Waals surface area (Å²) in [6, 6.07) is 6.21. The molecule has 8 heteroatoms. The van der Waals surface area contributed by atoms with Crippen molar-refractivity contribution < 1.29 is 8.78 Å². The fourth-order valence-corrected chi connectivity index (χ4v) is 3.99. The number of aromatic nitrogens is 2. The van der Waals surface area contributed by atoms with Crippen LogP contribution in [0.15, 0.2) is 24.3 Å². The fraction of sp³-hybridized carbons (Fsp3) is 0.300. The molecule has 3 aromatic rings. The number of aryl methyl sites for hydroxylation is 1. The maximum absolute atomic E-state index is 15.6. The van der Waals surface area contributed by atoms with Crippen LogP contribution in [0, 0.1) is 18.6 Å². The smallest absolute Gasteiger partial charge is 0.159 e. The van der Waals surface area contributed by atoms with E-state index >= 15 is 4.39 Å². The average molecular weight is 423 g/mol. The van der Waals surface area contributed by atoms with E-state index < -0.39 is 11.6 Å². The third-order valence-electron chi connectivity index (χ3n) is 4.92. The Hall–Kier alpha value is -2.02. The molecule has 0 amide bonds. The van der Waals surface area contributed by atoms with E-state index in [1.807, 2.05) is 0 Å². The normalized spacial score (nSPS) is 14.7. The van der Waals surface area contributed by atoms with E-state index in [2.05, 4.69) is 20.2 Å². The number of fused-ring (bicyclic) bond motifs is 1. The minimum atomic E-state index is -0.666. The van der Waals surface area contributed by atoms with Crippen LogP contribution in [-0.4, -0.2) is 36.1 Å². The van der Waals surface area contributed by atoms with E-state index in [0.29, 0.717) is 22.6 Å². The van der Waals surface area contributed by atoms with Crippen LogP contribution < -0.4 is 10.2 Å². The van der Waals surface area contributed by atoms with Crippen molar-refractivity contribution in [3.05, 3.63) is 52.3 Å². The SMILES string of the molecule is Cc1cccc(F)c1-c1c(Cl)cc2c(N3CCNCC3)nc(CCl)nc2c1F. The Labute approximate surface area is 171 Å². The molecule has 2 aromatic carbocycles. The molecule has 0 spiro atoms. The predicted octanol–water partition coefficient (Wildman–Crippen LogP) is 4.69. The van der Waals surface area contributed by atoms with Gasteiger partial charge < -0.3 is 10.2 Å². The van der Waals surface area contributed by atoms with Crippen molar-refractivity contribution >= 4 is 39.9 Å². The molecule has 2 heterocycles. The van der Waals surface area contributed by atoms with Crippen LogP contribution in [0.1, 0.15) is 11.4 Å². The lowest BCUT2D eigenvalue weighted by atomic mass is 9.97. The van der Waals surface area contributed by atoms with Gasteiger partial charge >= 0.3 is 0 Å². The van der Waals surface area contributed by atoms with Crippen molar-refractivity contribution in [3.63, 3.8) is 0 Å². The quantitative estimate of drug-likeness (QED) is 0.621. The number of nitrogens with one attached hydrogen (secondary N) is 1. The highest BCUT2D eigenvalue weighted by Crippen LogP contribution is 2.40. The molecule has 28 heavy (non-hydrogen) atoms. The lowest BCUT2D eigenvalue weighted by Gasteiger charge is -2.29. The summed E-state index contributed by atoms with van der Waals surface area (Å²) in [5.74, 6) is -0.236. The van der Waals surface area contributed by atoms with Gasteiger partial charge in [0.15, 0.2) is 5.82 Å². The number of nitrogens with zero attached hydrogens (tertiary/aromatic N) is 3.